The second kappa shape index (κ2) is 36.4. The predicted octanol–water partition coefficient (Wildman–Crippen LogP) is 11.6. The Balaban J connectivity index is 4.37. The minimum atomic E-state index is -4.62. The zero-order chi connectivity index (χ0) is 39.3. The van der Waals surface area contributed by atoms with Gasteiger partial charge in [0.25, 0.3) is 7.82 Å². The maximum absolute atomic E-state index is 12.6. The first kappa shape index (κ1) is 51.8. The molecule has 0 heterocycles. The number of likely N-dealkylation sites (N-methyl/N-ethyl adjacent to an activating group) is 1. The lowest BCUT2D eigenvalue weighted by atomic mass is 10.0. The Kier molecular flexibility index (Phi) is 35.5. The molecule has 0 aromatic heterocycles. The molecule has 0 fully saturated rings. The molecule has 53 heavy (non-hydrogen) atoms. The molecule has 314 valence electrons. The van der Waals surface area contributed by atoms with Gasteiger partial charge in [0.05, 0.1) is 27.7 Å². The number of allylic oxidation sites excluding steroid dienone is 2. The molecule has 10 heteroatoms. The Morgan fingerprint density at radius 1 is 0.566 bits per heavy atom. The SMILES string of the molecule is CCCCCCCCCC/C=C/CCCCCC(=O)O[C@H](COC(=O)CCCCCCCCCCCCCCCC)COP(=O)([O-])OCC[N+](C)(C)C. The molecule has 0 radical (unpaired) electrons. The maximum Gasteiger partial charge on any atom is 0.306 e. The lowest BCUT2D eigenvalue weighted by molar-refractivity contribution is -0.870. The molecule has 0 bridgehead atoms. The lowest BCUT2D eigenvalue weighted by Gasteiger charge is -2.28. The molecule has 9 nitrogen and oxygen atoms in total. The molecule has 0 aromatic rings. The van der Waals surface area contributed by atoms with Gasteiger partial charge in [-0.1, -0.05) is 161 Å². The van der Waals surface area contributed by atoms with E-state index in [0.29, 0.717) is 17.4 Å². The van der Waals surface area contributed by atoms with E-state index in [0.717, 1.165) is 44.9 Å². The smallest absolute Gasteiger partial charge is 0.306 e. The summed E-state index contributed by atoms with van der Waals surface area (Å²) in [5.41, 5.74) is 0. The quantitative estimate of drug-likeness (QED) is 0.0199. The monoisotopic (exact) mass is 774 g/mol. The molecule has 0 amide bonds. The Labute approximate surface area is 326 Å². The van der Waals surface area contributed by atoms with Gasteiger partial charge in [-0.2, -0.15) is 0 Å². The maximum atomic E-state index is 12.6. The highest BCUT2D eigenvalue weighted by molar-refractivity contribution is 7.45. The van der Waals surface area contributed by atoms with Crippen molar-refractivity contribution in [2.75, 3.05) is 47.5 Å². The van der Waals surface area contributed by atoms with Gasteiger partial charge in [-0.25, -0.2) is 0 Å². The molecular formula is C43H84NO8P. The molecule has 0 aliphatic carbocycles. The molecule has 0 aromatic carbocycles. The summed E-state index contributed by atoms with van der Waals surface area (Å²) in [6.45, 7) is 4.22. The van der Waals surface area contributed by atoms with Crippen LogP contribution in [0.1, 0.15) is 200 Å². The molecule has 0 saturated carbocycles. The highest BCUT2D eigenvalue weighted by Crippen LogP contribution is 2.38. The van der Waals surface area contributed by atoms with Gasteiger partial charge in [-0.3, -0.25) is 14.2 Å². The van der Waals surface area contributed by atoms with Gasteiger partial charge in [0.1, 0.15) is 19.8 Å². The predicted molar refractivity (Wildman–Crippen MR) is 218 cm³/mol. The third kappa shape index (κ3) is 40.2. The van der Waals surface area contributed by atoms with Crippen LogP contribution in [0.5, 0.6) is 0 Å². The normalized spacial score (nSPS) is 13.7. The second-order valence-electron chi connectivity index (χ2n) is 16.1. The first-order valence-corrected chi connectivity index (χ1v) is 23.4. The van der Waals surface area contributed by atoms with E-state index in [1.54, 1.807) is 0 Å². The molecule has 0 aliphatic rings. The average molecular weight is 774 g/mol. The summed E-state index contributed by atoms with van der Waals surface area (Å²) in [4.78, 5) is 37.5. The molecule has 0 spiro atoms. The van der Waals surface area contributed by atoms with Gasteiger partial charge < -0.3 is 27.9 Å². The minimum Gasteiger partial charge on any atom is -0.756 e. The fourth-order valence-corrected chi connectivity index (χ4v) is 6.79. The van der Waals surface area contributed by atoms with E-state index < -0.39 is 26.5 Å². The first-order valence-electron chi connectivity index (χ1n) is 21.9. The fourth-order valence-electron chi connectivity index (χ4n) is 6.06. The van der Waals surface area contributed by atoms with Crippen LogP contribution >= 0.6 is 7.82 Å². The molecule has 1 unspecified atom stereocenters. The summed E-state index contributed by atoms with van der Waals surface area (Å²) in [6, 6.07) is 0. The summed E-state index contributed by atoms with van der Waals surface area (Å²) in [5, 5.41) is 0. The summed E-state index contributed by atoms with van der Waals surface area (Å²) in [6.07, 6.45) is 36.6. The molecule has 0 saturated heterocycles. The van der Waals surface area contributed by atoms with E-state index in [9.17, 15) is 19.0 Å². The van der Waals surface area contributed by atoms with E-state index in [4.69, 9.17) is 18.5 Å². The van der Waals surface area contributed by atoms with Crippen LogP contribution in [0.3, 0.4) is 0 Å². The van der Waals surface area contributed by atoms with Crippen molar-refractivity contribution in [2.24, 2.45) is 0 Å². The topological polar surface area (TPSA) is 111 Å². The minimum absolute atomic E-state index is 0.0305. The number of unbranched alkanes of at least 4 members (excludes halogenated alkanes) is 24. The molecule has 0 aliphatic heterocycles. The van der Waals surface area contributed by atoms with Crippen molar-refractivity contribution in [3.8, 4) is 0 Å². The standard InChI is InChI=1S/C43H84NO8P/c1-6-8-10-12-14-16-18-20-22-24-26-28-30-32-34-36-43(46)52-41(40-51-53(47,48)50-38-37-44(3,4)5)39-49-42(45)35-33-31-29-27-25-23-21-19-17-15-13-11-9-7-2/h24,26,41H,6-23,25,27-40H2,1-5H3/b26-24+/t41-/m1/s1. The van der Waals surface area contributed by atoms with Crippen molar-refractivity contribution in [1.29, 1.82) is 0 Å². The Bertz CT molecular complexity index is 922. The fraction of sp³-hybridized carbons (Fsp3) is 0.907. The second-order valence-corrected chi connectivity index (χ2v) is 17.5. The van der Waals surface area contributed by atoms with Crippen molar-refractivity contribution in [3.05, 3.63) is 12.2 Å². The number of carbonyl (C=O) groups excluding carboxylic acids is 2. The van der Waals surface area contributed by atoms with E-state index in [2.05, 4.69) is 26.0 Å². The summed E-state index contributed by atoms with van der Waals surface area (Å²) >= 11 is 0. The number of ether oxygens (including phenoxy) is 2. The number of hydrogen-bond acceptors (Lipinski definition) is 8. The zero-order valence-electron chi connectivity index (χ0n) is 35.2. The van der Waals surface area contributed by atoms with E-state index in [1.807, 2.05) is 21.1 Å². The van der Waals surface area contributed by atoms with Crippen LogP contribution in [0.25, 0.3) is 0 Å². The van der Waals surface area contributed by atoms with E-state index >= 15 is 0 Å². The number of rotatable bonds is 40. The number of nitrogens with zero attached hydrogens (tertiary/aromatic N) is 1. The number of phosphoric acid groups is 1. The third-order valence-corrected chi connectivity index (χ3v) is 10.5. The van der Waals surface area contributed by atoms with Gasteiger partial charge in [0.2, 0.25) is 0 Å². The van der Waals surface area contributed by atoms with Crippen LogP contribution in [0.2, 0.25) is 0 Å². The Morgan fingerprint density at radius 3 is 1.42 bits per heavy atom. The highest BCUT2D eigenvalue weighted by Gasteiger charge is 2.21. The molecule has 0 rings (SSSR count). The van der Waals surface area contributed by atoms with Gasteiger partial charge in [0.15, 0.2) is 6.10 Å². The van der Waals surface area contributed by atoms with Crippen LogP contribution in [0, 0.1) is 0 Å². The van der Waals surface area contributed by atoms with Gasteiger partial charge in [-0.05, 0) is 38.5 Å². The largest absolute Gasteiger partial charge is 0.756 e. The van der Waals surface area contributed by atoms with Crippen molar-refractivity contribution in [3.63, 3.8) is 0 Å². The molecule has 0 N–H and O–H groups in total. The Hall–Kier alpha value is -1.25. The van der Waals surface area contributed by atoms with Crippen molar-refractivity contribution >= 4 is 19.8 Å². The lowest BCUT2D eigenvalue weighted by Crippen LogP contribution is -2.37. The summed E-state index contributed by atoms with van der Waals surface area (Å²) < 4.78 is 33.9. The van der Waals surface area contributed by atoms with Gasteiger partial charge in [-0.15, -0.1) is 0 Å². The molecule has 2 atom stereocenters. The van der Waals surface area contributed by atoms with Crippen LogP contribution in [0.15, 0.2) is 12.2 Å². The van der Waals surface area contributed by atoms with Gasteiger partial charge in [0, 0.05) is 12.8 Å². The van der Waals surface area contributed by atoms with Crippen molar-refractivity contribution in [2.45, 2.75) is 206 Å². The molecular weight excluding hydrogens is 689 g/mol. The van der Waals surface area contributed by atoms with Crippen LogP contribution in [0.4, 0.5) is 0 Å². The summed E-state index contributed by atoms with van der Waals surface area (Å²) in [5.74, 6) is -0.844. The van der Waals surface area contributed by atoms with Gasteiger partial charge >= 0.3 is 11.9 Å². The third-order valence-electron chi connectivity index (χ3n) is 9.54. The van der Waals surface area contributed by atoms with Crippen LogP contribution in [-0.4, -0.2) is 70.0 Å². The van der Waals surface area contributed by atoms with Crippen LogP contribution in [-0.2, 0) is 32.7 Å². The van der Waals surface area contributed by atoms with Crippen molar-refractivity contribution < 1.29 is 42.1 Å². The number of carbonyl (C=O) groups is 2. The first-order chi connectivity index (χ1) is 25.5. The van der Waals surface area contributed by atoms with E-state index in [1.165, 1.54) is 122 Å². The highest BCUT2D eigenvalue weighted by atomic mass is 31.2. The van der Waals surface area contributed by atoms with Crippen LogP contribution < -0.4 is 4.89 Å². The number of quaternary nitrogens is 1. The average Bonchev–Trinajstić information content (AvgIpc) is 3.10. The van der Waals surface area contributed by atoms with E-state index in [-0.39, 0.29) is 32.0 Å². The zero-order valence-corrected chi connectivity index (χ0v) is 36.1. The Morgan fingerprint density at radius 2 is 0.962 bits per heavy atom. The summed E-state index contributed by atoms with van der Waals surface area (Å²) in [7, 11) is 1.17. The van der Waals surface area contributed by atoms with Crippen molar-refractivity contribution in [1.82, 2.24) is 0 Å². The number of hydrogen-bond donors (Lipinski definition) is 0. The number of phosphoric ester groups is 1. The number of esters is 2.